The van der Waals surface area contributed by atoms with Crippen LogP contribution in [0.2, 0.25) is 0 Å². The molecule has 0 heterocycles. The van der Waals surface area contributed by atoms with Crippen LogP contribution in [-0.2, 0) is 0 Å². The molecule has 0 aromatic rings. The predicted octanol–water partition coefficient (Wildman–Crippen LogP) is -1.51. The van der Waals surface area contributed by atoms with Gasteiger partial charge in [0.1, 0.15) is 0 Å². The van der Waals surface area contributed by atoms with Crippen molar-refractivity contribution in [2.45, 2.75) is 46.1 Å². The van der Waals surface area contributed by atoms with E-state index in [0.717, 1.165) is 12.8 Å². The number of allylic oxidation sites excluding steroid dienone is 2. The maximum absolute atomic E-state index is 11.1. The first-order chi connectivity index (χ1) is 4.42. The van der Waals surface area contributed by atoms with Crippen LogP contribution in [0.1, 0.15) is 40.5 Å². The Morgan fingerprint density at radius 1 is 1.33 bits per heavy atom. The molecule has 0 aliphatic heterocycles. The van der Waals surface area contributed by atoms with Crippen molar-refractivity contribution in [3.8, 4) is 0 Å². The van der Waals surface area contributed by atoms with Gasteiger partial charge in [0.2, 0.25) is 0 Å². The molecule has 1 nitrogen and oxygen atoms in total. The quantitative estimate of drug-likeness (QED) is 0.353. The van der Waals surface area contributed by atoms with Gasteiger partial charge < -0.3 is 29.1 Å². The summed E-state index contributed by atoms with van der Waals surface area (Å²) in [5.41, 5.74) is 0.538. The van der Waals surface area contributed by atoms with Crippen molar-refractivity contribution in [1.82, 2.24) is 0 Å². The first kappa shape index (κ1) is 18.9. The van der Waals surface area contributed by atoms with Crippen molar-refractivity contribution in [3.05, 3.63) is 11.6 Å². The molecule has 0 atom stereocenters. The average molecular weight is 292 g/mol. The van der Waals surface area contributed by atoms with E-state index < -0.39 is 5.60 Å². The molecular weight excluding hydrogens is 275 g/mol. The molecule has 0 aliphatic rings. The van der Waals surface area contributed by atoms with Crippen LogP contribution in [0, 0.1) is 0 Å². The minimum absolute atomic E-state index is 0. The smallest absolute Gasteiger partial charge is 1.00 e. The summed E-state index contributed by atoms with van der Waals surface area (Å²) < 4.78 is 0. The third-order valence-corrected chi connectivity index (χ3v) is 1.30. The van der Waals surface area contributed by atoms with Gasteiger partial charge in [0.15, 0.2) is 0 Å². The monoisotopic (exact) mass is 292 g/mol. The molecule has 0 aromatic carbocycles. The van der Waals surface area contributed by atoms with Crippen LogP contribution in [0.25, 0.3) is 0 Å². The van der Waals surface area contributed by atoms with E-state index >= 15 is 0 Å². The van der Waals surface area contributed by atoms with Gasteiger partial charge in [-0.15, -0.1) is 5.60 Å². The van der Waals surface area contributed by atoms with E-state index in [9.17, 15) is 5.11 Å². The summed E-state index contributed by atoms with van der Waals surface area (Å²) >= 11 is 0. The van der Waals surface area contributed by atoms with Gasteiger partial charge in [0.25, 0.3) is 0 Å². The van der Waals surface area contributed by atoms with Gasteiger partial charge in [0.05, 0.1) is 0 Å². The second kappa shape index (κ2) is 8.78. The van der Waals surface area contributed by atoms with Gasteiger partial charge in [-0.1, -0.05) is 31.9 Å². The SMILES string of the molecule is CC(C)=CCCC(C)(C)[O-].[I-].[Mg+2]. The predicted molar refractivity (Wildman–Crippen MR) is 48.5 cm³/mol. The van der Waals surface area contributed by atoms with Crippen molar-refractivity contribution < 1.29 is 29.1 Å². The summed E-state index contributed by atoms with van der Waals surface area (Å²) in [5, 5.41) is 11.1. The Bertz CT molecular complexity index is 123. The fourth-order valence-corrected chi connectivity index (χ4v) is 0.708. The third-order valence-electron chi connectivity index (χ3n) is 1.30. The first-order valence-corrected chi connectivity index (χ1v) is 3.75. The number of hydrogen-bond acceptors (Lipinski definition) is 1. The molecule has 12 heavy (non-hydrogen) atoms. The van der Waals surface area contributed by atoms with E-state index in [1.807, 2.05) is 0 Å². The molecule has 0 spiro atoms. The zero-order chi connectivity index (χ0) is 8.20. The van der Waals surface area contributed by atoms with Crippen LogP contribution in [0.3, 0.4) is 0 Å². The normalized spacial score (nSPS) is 9.42. The van der Waals surface area contributed by atoms with Gasteiger partial charge in [-0.05, 0) is 20.3 Å². The minimum atomic E-state index is -0.758. The maximum Gasteiger partial charge on any atom is 2.00 e. The van der Waals surface area contributed by atoms with E-state index in [2.05, 4.69) is 19.9 Å². The minimum Gasteiger partial charge on any atom is -1.00 e. The fraction of sp³-hybridized carbons (Fsp3) is 0.778. The third kappa shape index (κ3) is 17.3. The molecule has 0 rings (SSSR count). The Balaban J connectivity index is -0.000000405. The Labute approximate surface area is 109 Å². The van der Waals surface area contributed by atoms with Gasteiger partial charge in [-0.25, -0.2) is 0 Å². The fourth-order valence-electron chi connectivity index (χ4n) is 0.708. The molecular formula is C9H17IMgO. The molecule has 0 bridgehead atoms. The number of rotatable bonds is 3. The van der Waals surface area contributed by atoms with Crippen molar-refractivity contribution in [2.24, 2.45) is 0 Å². The topological polar surface area (TPSA) is 23.1 Å². The molecule has 0 N–H and O–H groups in total. The number of hydrogen-bond donors (Lipinski definition) is 0. The van der Waals surface area contributed by atoms with Crippen molar-refractivity contribution >= 4 is 23.1 Å². The van der Waals surface area contributed by atoms with Crippen LogP contribution in [-0.4, -0.2) is 28.7 Å². The first-order valence-electron chi connectivity index (χ1n) is 3.75. The average Bonchev–Trinajstić information content (AvgIpc) is 1.59. The molecule has 0 amide bonds. The van der Waals surface area contributed by atoms with E-state index in [-0.39, 0.29) is 47.0 Å². The van der Waals surface area contributed by atoms with E-state index in [1.54, 1.807) is 13.8 Å². The summed E-state index contributed by atoms with van der Waals surface area (Å²) in [6.45, 7) is 7.56. The van der Waals surface area contributed by atoms with Crippen LogP contribution in [0.15, 0.2) is 11.6 Å². The second-order valence-electron chi connectivity index (χ2n) is 3.58. The van der Waals surface area contributed by atoms with Gasteiger partial charge in [0, 0.05) is 0 Å². The second-order valence-corrected chi connectivity index (χ2v) is 3.58. The molecule has 0 radical (unpaired) electrons. The van der Waals surface area contributed by atoms with Gasteiger partial charge in [-0.2, -0.15) is 0 Å². The standard InChI is InChI=1S/C9H17O.HI.Mg/c1-8(2)6-5-7-9(3,4)10;;/h6H,5,7H2,1-4H3;1H;/q-1;;+2/p-1. The molecule has 68 valence electrons. The Hall–Kier alpha value is 1.20. The summed E-state index contributed by atoms with van der Waals surface area (Å²) in [6.07, 6.45) is 3.76. The van der Waals surface area contributed by atoms with E-state index in [1.165, 1.54) is 5.57 Å². The maximum atomic E-state index is 11.1. The zero-order valence-corrected chi connectivity index (χ0v) is 12.1. The largest absolute Gasteiger partial charge is 2.00 e. The van der Waals surface area contributed by atoms with Crippen molar-refractivity contribution in [3.63, 3.8) is 0 Å². The van der Waals surface area contributed by atoms with Gasteiger partial charge >= 0.3 is 23.1 Å². The van der Waals surface area contributed by atoms with Crippen LogP contribution >= 0.6 is 0 Å². The van der Waals surface area contributed by atoms with E-state index in [4.69, 9.17) is 0 Å². The Morgan fingerprint density at radius 2 is 1.75 bits per heavy atom. The van der Waals surface area contributed by atoms with Crippen molar-refractivity contribution in [1.29, 1.82) is 0 Å². The summed E-state index contributed by atoms with van der Waals surface area (Å²) in [6, 6.07) is 0. The molecule has 0 aromatic heterocycles. The number of halogens is 1. The van der Waals surface area contributed by atoms with Crippen LogP contribution in [0.4, 0.5) is 0 Å². The molecule has 0 saturated carbocycles. The Morgan fingerprint density at radius 3 is 2.00 bits per heavy atom. The molecule has 0 aliphatic carbocycles. The Kier molecular flexibility index (Phi) is 13.8. The summed E-state index contributed by atoms with van der Waals surface area (Å²) in [4.78, 5) is 0. The van der Waals surface area contributed by atoms with Crippen molar-refractivity contribution in [2.75, 3.05) is 0 Å². The summed E-state index contributed by atoms with van der Waals surface area (Å²) in [7, 11) is 0. The molecule has 0 unspecified atom stereocenters. The van der Waals surface area contributed by atoms with E-state index in [0.29, 0.717) is 0 Å². The molecule has 0 saturated heterocycles. The summed E-state index contributed by atoms with van der Waals surface area (Å²) in [5.74, 6) is 0. The molecule has 3 heteroatoms. The molecule has 0 fully saturated rings. The van der Waals surface area contributed by atoms with Crippen LogP contribution in [0.5, 0.6) is 0 Å². The van der Waals surface area contributed by atoms with Crippen LogP contribution < -0.4 is 29.1 Å². The zero-order valence-electron chi connectivity index (χ0n) is 8.48. The van der Waals surface area contributed by atoms with Gasteiger partial charge in [-0.3, -0.25) is 0 Å².